The van der Waals surface area contributed by atoms with Gasteiger partial charge in [0.15, 0.2) is 18.1 Å². The second-order valence-corrected chi connectivity index (χ2v) is 9.99. The van der Waals surface area contributed by atoms with Crippen LogP contribution in [0.15, 0.2) is 77.0 Å². The van der Waals surface area contributed by atoms with Gasteiger partial charge in [0.2, 0.25) is 0 Å². The van der Waals surface area contributed by atoms with Crippen molar-refractivity contribution in [2.45, 2.75) is 19.6 Å². The highest BCUT2D eigenvalue weighted by Gasteiger charge is 2.32. The number of esters is 1. The molecule has 0 aromatic heterocycles. The summed E-state index contributed by atoms with van der Waals surface area (Å²) in [5.41, 5.74) is 5.13. The van der Waals surface area contributed by atoms with Crippen molar-refractivity contribution in [2.24, 2.45) is 5.10 Å². The lowest BCUT2D eigenvalue weighted by atomic mass is 9.95. The zero-order valence-corrected chi connectivity index (χ0v) is 24.9. The Bertz CT molecular complexity index is 1580. The van der Waals surface area contributed by atoms with E-state index in [0.717, 1.165) is 11.1 Å². The van der Waals surface area contributed by atoms with Gasteiger partial charge in [-0.3, -0.25) is 4.79 Å². The van der Waals surface area contributed by atoms with Crippen molar-refractivity contribution in [1.29, 1.82) is 0 Å². The lowest BCUT2D eigenvalue weighted by molar-refractivity contribution is -0.136. The molecule has 1 heterocycles. The van der Waals surface area contributed by atoms with Crippen LogP contribution in [-0.4, -0.2) is 44.9 Å². The number of hydrogen-bond acceptors (Lipinski definition) is 8. The van der Waals surface area contributed by atoms with E-state index in [2.05, 4.69) is 21.2 Å². The molecule has 0 spiro atoms. The summed E-state index contributed by atoms with van der Waals surface area (Å²) >= 11 is 12.1. The van der Waals surface area contributed by atoms with Gasteiger partial charge in [-0.25, -0.2) is 15.0 Å². The number of carbonyl (C=O) groups is 3. The molecule has 1 aliphatic rings. The van der Waals surface area contributed by atoms with Crippen molar-refractivity contribution < 1.29 is 33.3 Å². The van der Waals surface area contributed by atoms with E-state index < -0.39 is 23.9 Å². The Morgan fingerprint density at radius 3 is 2.47 bits per heavy atom. The van der Waals surface area contributed by atoms with Gasteiger partial charge >= 0.3 is 12.0 Å². The zero-order valence-electron chi connectivity index (χ0n) is 23.4. The number of nitrogens with one attached hydrogen (secondary N) is 3. The minimum absolute atomic E-state index is 0.250. The van der Waals surface area contributed by atoms with Gasteiger partial charge in [0.1, 0.15) is 12.4 Å². The SMILES string of the molecule is COC(=O)C1=C(C)NC(=O)N[C@@H]1c1ccc(OCC(=O)N/N=C\c2ccc(OCc3ccc(Cl)cc3Cl)cc2)c(OC)c1. The summed E-state index contributed by atoms with van der Waals surface area (Å²) in [6.07, 6.45) is 1.48. The molecule has 4 rings (SSSR count). The number of carbonyl (C=O) groups excluding carboxylic acids is 3. The highest BCUT2D eigenvalue weighted by atomic mass is 35.5. The molecule has 0 bridgehead atoms. The van der Waals surface area contributed by atoms with Gasteiger partial charge in [-0.2, -0.15) is 5.10 Å². The van der Waals surface area contributed by atoms with E-state index in [1.165, 1.54) is 20.4 Å². The number of urea groups is 1. The Labute approximate surface area is 257 Å². The Kier molecular flexibility index (Phi) is 10.5. The summed E-state index contributed by atoms with van der Waals surface area (Å²) in [6, 6.07) is 15.9. The maximum Gasteiger partial charge on any atom is 0.337 e. The molecule has 0 radical (unpaired) electrons. The van der Waals surface area contributed by atoms with Crippen LogP contribution >= 0.6 is 23.2 Å². The van der Waals surface area contributed by atoms with Gasteiger partial charge in [-0.1, -0.05) is 35.3 Å². The first-order valence-corrected chi connectivity index (χ1v) is 13.6. The molecule has 11 nitrogen and oxygen atoms in total. The fraction of sp³-hybridized carbons (Fsp3) is 0.200. The van der Waals surface area contributed by atoms with Crippen molar-refractivity contribution >= 4 is 47.3 Å². The smallest absolute Gasteiger partial charge is 0.337 e. The molecule has 13 heteroatoms. The molecular formula is C30H28Cl2N4O7. The van der Waals surface area contributed by atoms with E-state index in [1.807, 2.05) is 0 Å². The first-order chi connectivity index (χ1) is 20.7. The molecule has 3 amide bonds. The second kappa shape index (κ2) is 14.4. The van der Waals surface area contributed by atoms with Crippen LogP contribution in [0.5, 0.6) is 17.2 Å². The van der Waals surface area contributed by atoms with Gasteiger partial charge in [0, 0.05) is 21.3 Å². The summed E-state index contributed by atoms with van der Waals surface area (Å²) < 4.78 is 21.7. The van der Waals surface area contributed by atoms with Crippen LogP contribution in [0.3, 0.4) is 0 Å². The quantitative estimate of drug-likeness (QED) is 0.156. The largest absolute Gasteiger partial charge is 0.493 e. The monoisotopic (exact) mass is 626 g/mol. The standard InChI is InChI=1S/C30H28Cl2N4O7/c1-17-27(29(38)41-3)28(35-30(39)34-17)19-7-11-24(25(12-19)40-2)43-16-26(37)36-33-14-18-4-9-22(10-5-18)42-15-20-6-8-21(31)13-23(20)32/h4-14,28H,15-16H2,1-3H3,(H,36,37)(H2,34,35,39)/b33-14-/t28-/m1/s1. The first kappa shape index (κ1) is 31.2. The summed E-state index contributed by atoms with van der Waals surface area (Å²) in [6.45, 7) is 1.55. The van der Waals surface area contributed by atoms with Crippen LogP contribution in [0.2, 0.25) is 10.0 Å². The van der Waals surface area contributed by atoms with Gasteiger partial charge in [0.25, 0.3) is 5.91 Å². The first-order valence-electron chi connectivity index (χ1n) is 12.8. The molecule has 43 heavy (non-hydrogen) atoms. The van der Waals surface area contributed by atoms with Crippen LogP contribution < -0.4 is 30.3 Å². The summed E-state index contributed by atoms with van der Waals surface area (Å²) in [5.74, 6) is 0.121. The third kappa shape index (κ3) is 8.18. The van der Waals surface area contributed by atoms with Crippen LogP contribution in [0.4, 0.5) is 4.79 Å². The predicted molar refractivity (Wildman–Crippen MR) is 161 cm³/mol. The second-order valence-electron chi connectivity index (χ2n) is 9.15. The summed E-state index contributed by atoms with van der Waals surface area (Å²) in [4.78, 5) is 36.7. The highest BCUT2D eigenvalue weighted by Crippen LogP contribution is 2.34. The number of benzene rings is 3. The van der Waals surface area contributed by atoms with Crippen molar-refractivity contribution in [3.8, 4) is 17.2 Å². The Balaban J connectivity index is 1.30. The maximum atomic E-state index is 12.4. The number of rotatable bonds is 11. The molecular weight excluding hydrogens is 599 g/mol. The maximum absolute atomic E-state index is 12.4. The number of hydrazone groups is 1. The molecule has 224 valence electrons. The Morgan fingerprint density at radius 2 is 1.77 bits per heavy atom. The van der Waals surface area contributed by atoms with E-state index in [1.54, 1.807) is 67.6 Å². The normalized spacial score (nSPS) is 14.5. The van der Waals surface area contributed by atoms with E-state index in [4.69, 9.17) is 42.1 Å². The van der Waals surface area contributed by atoms with Crippen molar-refractivity contribution in [1.82, 2.24) is 16.1 Å². The van der Waals surface area contributed by atoms with E-state index in [9.17, 15) is 14.4 Å². The fourth-order valence-electron chi connectivity index (χ4n) is 4.11. The molecule has 3 aromatic rings. The molecule has 0 saturated heterocycles. The number of ether oxygens (including phenoxy) is 4. The lowest BCUT2D eigenvalue weighted by Crippen LogP contribution is -2.45. The molecule has 0 fully saturated rings. The average molecular weight is 627 g/mol. The molecule has 0 unspecified atom stereocenters. The van der Waals surface area contributed by atoms with E-state index >= 15 is 0 Å². The minimum Gasteiger partial charge on any atom is -0.493 e. The number of methoxy groups -OCH3 is 2. The molecule has 0 aliphatic carbocycles. The summed E-state index contributed by atoms with van der Waals surface area (Å²) in [7, 11) is 2.69. The lowest BCUT2D eigenvalue weighted by Gasteiger charge is -2.28. The van der Waals surface area contributed by atoms with Crippen molar-refractivity contribution in [3.63, 3.8) is 0 Å². The van der Waals surface area contributed by atoms with Gasteiger partial charge in [-0.05, 0) is 66.6 Å². The van der Waals surface area contributed by atoms with Crippen molar-refractivity contribution in [3.05, 3.63) is 98.7 Å². The predicted octanol–water partition coefficient (Wildman–Crippen LogP) is 4.91. The van der Waals surface area contributed by atoms with Crippen molar-refractivity contribution in [2.75, 3.05) is 20.8 Å². The minimum atomic E-state index is -0.774. The van der Waals surface area contributed by atoms with Gasteiger partial charge in [-0.15, -0.1) is 0 Å². The number of nitrogens with zero attached hydrogens (tertiary/aromatic N) is 1. The fourth-order valence-corrected chi connectivity index (χ4v) is 4.57. The average Bonchev–Trinajstić information content (AvgIpc) is 2.99. The van der Waals surface area contributed by atoms with Gasteiger partial charge in [0.05, 0.1) is 32.0 Å². The Hall–Kier alpha value is -4.74. The number of amides is 3. The Morgan fingerprint density at radius 1 is 1.00 bits per heavy atom. The summed E-state index contributed by atoms with van der Waals surface area (Å²) in [5, 5.41) is 10.3. The highest BCUT2D eigenvalue weighted by molar-refractivity contribution is 6.35. The number of halogens is 2. The molecule has 3 N–H and O–H groups in total. The molecule has 1 atom stereocenters. The van der Waals surface area contributed by atoms with Crippen LogP contribution in [0.25, 0.3) is 0 Å². The third-order valence-corrected chi connectivity index (χ3v) is 6.83. The van der Waals surface area contributed by atoms with E-state index in [0.29, 0.717) is 32.8 Å². The topological polar surface area (TPSA) is 137 Å². The molecule has 3 aromatic carbocycles. The third-order valence-electron chi connectivity index (χ3n) is 6.25. The van der Waals surface area contributed by atoms with E-state index in [-0.39, 0.29) is 24.5 Å². The molecule has 0 saturated carbocycles. The number of hydrogen-bond donors (Lipinski definition) is 3. The van der Waals surface area contributed by atoms with Crippen LogP contribution in [0.1, 0.15) is 29.7 Å². The number of allylic oxidation sites excluding steroid dienone is 1. The van der Waals surface area contributed by atoms with Crippen LogP contribution in [-0.2, 0) is 20.9 Å². The van der Waals surface area contributed by atoms with Gasteiger partial charge < -0.3 is 29.6 Å². The zero-order chi connectivity index (χ0) is 30.9. The van der Waals surface area contributed by atoms with Crippen LogP contribution in [0, 0.1) is 0 Å². The molecule has 1 aliphatic heterocycles.